The van der Waals surface area contributed by atoms with Gasteiger partial charge in [0.2, 0.25) is 0 Å². The van der Waals surface area contributed by atoms with Gasteiger partial charge in [-0.15, -0.1) is 11.3 Å². The van der Waals surface area contributed by atoms with Crippen molar-refractivity contribution in [3.63, 3.8) is 0 Å². The first-order valence-corrected chi connectivity index (χ1v) is 9.21. The number of amides is 1. The number of halogens is 3. The molecule has 10 heteroatoms. The number of alkyl halides is 3. The summed E-state index contributed by atoms with van der Waals surface area (Å²) in [6.45, 7) is 6.91. The molecule has 0 fully saturated rings. The van der Waals surface area contributed by atoms with Crippen LogP contribution in [0.1, 0.15) is 33.7 Å². The summed E-state index contributed by atoms with van der Waals surface area (Å²) in [5.74, 6) is -0.265. The summed E-state index contributed by atoms with van der Waals surface area (Å²) < 4.78 is 42.2. The van der Waals surface area contributed by atoms with Crippen molar-refractivity contribution in [3.8, 4) is 0 Å². The quantitative estimate of drug-likeness (QED) is 0.714. The largest absolute Gasteiger partial charge is 0.435 e. The van der Waals surface area contributed by atoms with Crippen LogP contribution in [0.25, 0.3) is 10.2 Å². The van der Waals surface area contributed by atoms with Crippen molar-refractivity contribution in [2.75, 3.05) is 6.54 Å². The molecule has 3 aromatic heterocycles. The van der Waals surface area contributed by atoms with Crippen molar-refractivity contribution in [2.24, 2.45) is 13.0 Å². The van der Waals surface area contributed by atoms with Gasteiger partial charge >= 0.3 is 6.18 Å². The van der Waals surface area contributed by atoms with Crippen LogP contribution in [0.15, 0.2) is 12.1 Å². The molecule has 0 saturated heterocycles. The van der Waals surface area contributed by atoms with Gasteiger partial charge in [0.25, 0.3) is 5.91 Å². The number of aromatic nitrogens is 4. The number of aryl methyl sites for hydroxylation is 3. The Labute approximate surface area is 158 Å². The fraction of sp³-hybridized carbons (Fsp3) is 0.471. The highest BCUT2D eigenvalue weighted by Crippen LogP contribution is 2.37. The number of nitrogens with one attached hydrogen (secondary N) is 1. The first-order valence-electron chi connectivity index (χ1n) is 8.39. The van der Waals surface area contributed by atoms with Gasteiger partial charge in [-0.2, -0.15) is 23.4 Å². The van der Waals surface area contributed by atoms with Gasteiger partial charge in [0.15, 0.2) is 5.69 Å². The molecule has 3 rings (SSSR count). The molecule has 1 N–H and O–H groups in total. The van der Waals surface area contributed by atoms with Gasteiger partial charge in [0, 0.05) is 31.2 Å². The summed E-state index contributed by atoms with van der Waals surface area (Å²) in [7, 11) is 1.44. The molecule has 0 aliphatic rings. The Kier molecular flexibility index (Phi) is 5.02. The van der Waals surface area contributed by atoms with E-state index in [4.69, 9.17) is 0 Å². The molecule has 6 nitrogen and oxygen atoms in total. The number of carbonyl (C=O) groups excluding carboxylic acids is 1. The summed E-state index contributed by atoms with van der Waals surface area (Å²) in [6.07, 6.45) is -4.55. The maximum Gasteiger partial charge on any atom is 0.435 e. The maximum atomic E-state index is 13.1. The minimum Gasteiger partial charge on any atom is -0.351 e. The van der Waals surface area contributed by atoms with Crippen molar-refractivity contribution in [3.05, 3.63) is 34.1 Å². The minimum absolute atomic E-state index is 0.0455. The third kappa shape index (κ3) is 4.00. The number of nitrogens with zero attached hydrogens (tertiary/aromatic N) is 4. The Hall–Kier alpha value is -2.36. The molecule has 0 aliphatic heterocycles. The fourth-order valence-electron chi connectivity index (χ4n) is 2.94. The lowest BCUT2D eigenvalue weighted by Crippen LogP contribution is -2.29. The second kappa shape index (κ2) is 6.99. The van der Waals surface area contributed by atoms with Crippen molar-refractivity contribution in [2.45, 2.75) is 33.5 Å². The lowest BCUT2D eigenvalue weighted by Gasteiger charge is -2.13. The smallest absolute Gasteiger partial charge is 0.351 e. The van der Waals surface area contributed by atoms with Crippen molar-refractivity contribution in [1.82, 2.24) is 24.9 Å². The zero-order valence-electron chi connectivity index (χ0n) is 15.4. The minimum atomic E-state index is -4.55. The Morgan fingerprint density at radius 3 is 2.59 bits per heavy atom. The number of fused-ring (bicyclic) bond motifs is 1. The summed E-state index contributed by atoms with van der Waals surface area (Å²) in [4.78, 5) is 12.9. The zero-order chi connectivity index (χ0) is 19.9. The van der Waals surface area contributed by atoms with Crippen LogP contribution in [0.2, 0.25) is 0 Å². The van der Waals surface area contributed by atoms with Crippen molar-refractivity contribution < 1.29 is 18.0 Å². The van der Waals surface area contributed by atoms with E-state index < -0.39 is 11.9 Å². The van der Waals surface area contributed by atoms with Crippen LogP contribution < -0.4 is 5.32 Å². The first-order chi connectivity index (χ1) is 12.6. The number of hydrogen-bond donors (Lipinski definition) is 1. The summed E-state index contributed by atoms with van der Waals surface area (Å²) in [6, 6.07) is 3.24. The van der Waals surface area contributed by atoms with Crippen LogP contribution in [-0.2, 0) is 19.8 Å². The van der Waals surface area contributed by atoms with Crippen molar-refractivity contribution >= 4 is 27.5 Å². The van der Waals surface area contributed by atoms with Gasteiger partial charge in [-0.3, -0.25) is 14.2 Å². The molecule has 0 radical (unpaired) electrons. The SMILES string of the molecule is Cc1cc(C)n(CC(C)CNC(=O)c2cc3c(C(F)(F)F)nn(C)c3s2)n1. The van der Waals surface area contributed by atoms with Crippen LogP contribution in [0, 0.1) is 19.8 Å². The van der Waals surface area contributed by atoms with E-state index in [1.54, 1.807) is 0 Å². The molecule has 0 bridgehead atoms. The van der Waals surface area contributed by atoms with Crippen LogP contribution in [0.4, 0.5) is 13.2 Å². The first kappa shape index (κ1) is 19.4. The zero-order valence-corrected chi connectivity index (χ0v) is 16.2. The average Bonchev–Trinajstić information content (AvgIpc) is 3.20. The maximum absolute atomic E-state index is 13.1. The molecule has 1 atom stereocenters. The van der Waals surface area contributed by atoms with E-state index in [0.717, 1.165) is 27.4 Å². The van der Waals surface area contributed by atoms with Gasteiger partial charge < -0.3 is 5.32 Å². The monoisotopic (exact) mass is 399 g/mol. The molecule has 146 valence electrons. The Morgan fingerprint density at radius 1 is 1.30 bits per heavy atom. The second-order valence-electron chi connectivity index (χ2n) is 6.72. The normalized spacial score (nSPS) is 13.3. The van der Waals surface area contributed by atoms with Gasteiger partial charge in [0.1, 0.15) is 4.83 Å². The van der Waals surface area contributed by atoms with Crippen LogP contribution in [0.3, 0.4) is 0 Å². The third-order valence-corrected chi connectivity index (χ3v) is 5.40. The van der Waals surface area contributed by atoms with Crippen LogP contribution in [0.5, 0.6) is 0 Å². The van der Waals surface area contributed by atoms with E-state index in [1.165, 1.54) is 13.1 Å². The number of hydrogen-bond acceptors (Lipinski definition) is 4. The van der Waals surface area contributed by atoms with Gasteiger partial charge in [0.05, 0.1) is 10.6 Å². The Morgan fingerprint density at radius 2 is 2.00 bits per heavy atom. The summed E-state index contributed by atoms with van der Waals surface area (Å²) in [5, 5.41) is 10.7. The lowest BCUT2D eigenvalue weighted by atomic mass is 10.2. The van der Waals surface area contributed by atoms with Crippen LogP contribution >= 0.6 is 11.3 Å². The molecule has 0 saturated carbocycles. The van der Waals surface area contributed by atoms with E-state index in [0.29, 0.717) is 17.9 Å². The third-order valence-electron chi connectivity index (χ3n) is 4.20. The number of thiophene rings is 1. The van der Waals surface area contributed by atoms with E-state index in [-0.39, 0.29) is 22.1 Å². The molecular formula is C17H20F3N5OS. The molecule has 0 spiro atoms. The van der Waals surface area contributed by atoms with Gasteiger partial charge in [-0.1, -0.05) is 6.92 Å². The fourth-order valence-corrected chi connectivity index (χ4v) is 3.92. The summed E-state index contributed by atoms with van der Waals surface area (Å²) >= 11 is 1.00. The highest BCUT2D eigenvalue weighted by molar-refractivity contribution is 7.20. The molecule has 27 heavy (non-hydrogen) atoms. The van der Waals surface area contributed by atoms with Gasteiger partial charge in [-0.05, 0) is 31.9 Å². The molecular weight excluding hydrogens is 379 g/mol. The molecule has 1 amide bonds. The molecule has 0 aliphatic carbocycles. The lowest BCUT2D eigenvalue weighted by molar-refractivity contribution is -0.140. The Balaban J connectivity index is 1.68. The highest BCUT2D eigenvalue weighted by atomic mass is 32.1. The highest BCUT2D eigenvalue weighted by Gasteiger charge is 2.37. The predicted octanol–water partition coefficient (Wildman–Crippen LogP) is 3.53. The van der Waals surface area contributed by atoms with Crippen LogP contribution in [-0.4, -0.2) is 32.0 Å². The molecule has 3 heterocycles. The second-order valence-corrected chi connectivity index (χ2v) is 7.75. The number of carbonyl (C=O) groups is 1. The van der Waals surface area contributed by atoms with Crippen molar-refractivity contribution in [1.29, 1.82) is 0 Å². The van der Waals surface area contributed by atoms with E-state index in [2.05, 4.69) is 15.5 Å². The predicted molar refractivity (Wildman–Crippen MR) is 96.8 cm³/mol. The van der Waals surface area contributed by atoms with E-state index >= 15 is 0 Å². The Bertz CT molecular complexity index is 985. The van der Waals surface area contributed by atoms with E-state index in [9.17, 15) is 18.0 Å². The van der Waals surface area contributed by atoms with E-state index in [1.807, 2.05) is 31.5 Å². The number of rotatable bonds is 5. The molecule has 1 unspecified atom stereocenters. The molecule has 0 aromatic carbocycles. The van der Waals surface area contributed by atoms with Gasteiger partial charge in [-0.25, -0.2) is 0 Å². The average molecular weight is 399 g/mol. The topological polar surface area (TPSA) is 64.7 Å². The molecule has 3 aromatic rings. The standard InChI is InChI=1S/C17H20F3N5OS/c1-9(8-25-11(3)5-10(2)22-25)7-21-15(26)13-6-12-14(17(18,19)20)23-24(4)16(12)27-13/h5-6,9H,7-8H2,1-4H3,(H,21,26). The summed E-state index contributed by atoms with van der Waals surface area (Å²) in [5.41, 5.74) is 1.01.